The molecular weight excluding hydrogens is 378 g/mol. The summed E-state index contributed by atoms with van der Waals surface area (Å²) in [5.41, 5.74) is 0.127. The molecule has 0 spiro atoms. The van der Waals surface area contributed by atoms with Crippen LogP contribution < -0.4 is 4.72 Å². The number of carbonyl (C=O) groups excluding carboxylic acids is 2. The minimum Gasteiger partial charge on any atom is -0.475 e. The van der Waals surface area contributed by atoms with Crippen LogP contribution in [-0.4, -0.2) is 31.1 Å². The Morgan fingerprint density at radius 2 is 1.88 bits per heavy atom. The number of Topliss-reactive ketones (excluding diaryl/α,β-unsaturated/α-hetero) is 2. The van der Waals surface area contributed by atoms with Crippen LogP contribution in [0.4, 0.5) is 5.69 Å². The molecule has 0 atom stereocenters. The van der Waals surface area contributed by atoms with Gasteiger partial charge in [-0.3, -0.25) is 14.3 Å². The maximum Gasteiger partial charge on any atom is 0.372 e. The number of carboxylic acids is 1. The molecule has 7 nitrogen and oxygen atoms in total. The maximum atomic E-state index is 12.2. The van der Waals surface area contributed by atoms with Crippen molar-refractivity contribution in [2.45, 2.75) is 10.6 Å². The number of rotatable bonds is 7. The number of carbonyl (C=O) groups is 3. The number of carboxylic acid groups (broad SMARTS) is 1. The van der Waals surface area contributed by atoms with E-state index in [0.717, 1.165) is 11.3 Å². The number of ketones is 2. The van der Waals surface area contributed by atoms with Crippen molar-refractivity contribution in [2.24, 2.45) is 0 Å². The molecule has 2 rings (SSSR count). The third-order valence-corrected chi connectivity index (χ3v) is 5.91. The summed E-state index contributed by atoms with van der Waals surface area (Å²) >= 11 is 6.59. The second kappa shape index (κ2) is 7.12. The quantitative estimate of drug-likeness (QED) is 0.428. The monoisotopic (exact) mass is 387 g/mol. The molecule has 1 heterocycles. The van der Waals surface area contributed by atoms with Crippen molar-refractivity contribution in [3.8, 4) is 0 Å². The third kappa shape index (κ3) is 4.40. The number of hydrogen-bond acceptors (Lipinski definition) is 6. The molecule has 0 bridgehead atoms. The molecular formula is C14H10ClNO6S2. The summed E-state index contributed by atoms with van der Waals surface area (Å²) < 4.78 is 27.0. The lowest BCUT2D eigenvalue weighted by atomic mass is 10.1. The molecule has 0 aliphatic heterocycles. The number of anilines is 1. The highest BCUT2D eigenvalue weighted by Crippen LogP contribution is 2.27. The summed E-state index contributed by atoms with van der Waals surface area (Å²) in [5, 5.41) is 8.51. The first-order chi connectivity index (χ1) is 11.2. The molecule has 0 fully saturated rings. The Labute approximate surface area is 145 Å². The fourth-order valence-electron chi connectivity index (χ4n) is 1.73. The second-order valence-electron chi connectivity index (χ2n) is 4.57. The Morgan fingerprint density at radius 1 is 1.17 bits per heavy atom. The average molecular weight is 388 g/mol. The van der Waals surface area contributed by atoms with Gasteiger partial charge in [0.2, 0.25) is 5.78 Å². The predicted octanol–water partition coefficient (Wildman–Crippen LogP) is 2.43. The molecule has 0 aliphatic rings. The van der Waals surface area contributed by atoms with Gasteiger partial charge in [0.05, 0.1) is 10.8 Å². The van der Waals surface area contributed by atoms with Crippen molar-refractivity contribution in [2.75, 3.05) is 4.72 Å². The van der Waals surface area contributed by atoms with Crippen LogP contribution in [0, 0.1) is 0 Å². The fraction of sp³-hybridized carbons (Fsp3) is 0.0714. The SMILES string of the molecule is O=C(O)C(=O)CC(=O)c1cccc(NS(=O)(=O)c2ccc(Cl)s2)c1. The van der Waals surface area contributed by atoms with E-state index in [1.54, 1.807) is 0 Å². The summed E-state index contributed by atoms with van der Waals surface area (Å²) in [4.78, 5) is 33.4. The molecule has 0 aliphatic carbocycles. The van der Waals surface area contributed by atoms with Crippen LogP contribution >= 0.6 is 22.9 Å². The smallest absolute Gasteiger partial charge is 0.372 e. The molecule has 0 saturated carbocycles. The van der Waals surface area contributed by atoms with Gasteiger partial charge in [-0.25, -0.2) is 13.2 Å². The zero-order chi connectivity index (χ0) is 17.9. The molecule has 1 aromatic carbocycles. The number of halogens is 1. The van der Waals surface area contributed by atoms with Gasteiger partial charge >= 0.3 is 5.97 Å². The van der Waals surface area contributed by atoms with E-state index in [1.165, 1.54) is 36.4 Å². The highest BCUT2D eigenvalue weighted by molar-refractivity contribution is 7.94. The lowest BCUT2D eigenvalue weighted by Crippen LogP contribution is -2.17. The average Bonchev–Trinajstić information content (AvgIpc) is 2.94. The van der Waals surface area contributed by atoms with Gasteiger partial charge in [0.25, 0.3) is 10.0 Å². The van der Waals surface area contributed by atoms with Crippen molar-refractivity contribution in [1.82, 2.24) is 0 Å². The summed E-state index contributed by atoms with van der Waals surface area (Å²) in [6, 6.07) is 8.20. The predicted molar refractivity (Wildman–Crippen MR) is 88.2 cm³/mol. The van der Waals surface area contributed by atoms with Gasteiger partial charge in [0.15, 0.2) is 5.78 Å². The molecule has 0 radical (unpaired) electrons. The van der Waals surface area contributed by atoms with E-state index >= 15 is 0 Å². The van der Waals surface area contributed by atoms with Crippen LogP contribution in [0.2, 0.25) is 4.34 Å². The van der Waals surface area contributed by atoms with E-state index in [0.29, 0.717) is 4.34 Å². The van der Waals surface area contributed by atoms with E-state index in [4.69, 9.17) is 16.7 Å². The second-order valence-corrected chi connectivity index (χ2v) is 8.20. The molecule has 1 aromatic heterocycles. The Balaban J connectivity index is 2.20. The van der Waals surface area contributed by atoms with Gasteiger partial charge in [-0.05, 0) is 24.3 Å². The van der Waals surface area contributed by atoms with E-state index < -0.39 is 34.0 Å². The Hall–Kier alpha value is -2.23. The maximum absolute atomic E-state index is 12.2. The van der Waals surface area contributed by atoms with Gasteiger partial charge in [-0.2, -0.15) is 0 Å². The summed E-state index contributed by atoms with van der Waals surface area (Å²) in [5.74, 6) is -3.66. The van der Waals surface area contributed by atoms with Crippen molar-refractivity contribution >= 4 is 56.2 Å². The molecule has 0 unspecified atom stereocenters. The standard InChI is InChI=1S/C14H10ClNO6S2/c15-12-4-5-13(23-12)24(21,22)16-9-3-1-2-8(6-9)10(17)7-11(18)14(19)20/h1-6,16H,7H2,(H,19,20). The highest BCUT2D eigenvalue weighted by atomic mass is 35.5. The highest BCUT2D eigenvalue weighted by Gasteiger charge is 2.20. The molecule has 0 saturated heterocycles. The fourth-order valence-corrected chi connectivity index (χ4v) is 4.26. The van der Waals surface area contributed by atoms with Crippen LogP contribution in [0.3, 0.4) is 0 Å². The van der Waals surface area contributed by atoms with E-state index in [1.807, 2.05) is 0 Å². The first-order valence-corrected chi connectivity index (χ1v) is 9.04. The molecule has 2 N–H and O–H groups in total. The normalized spacial score (nSPS) is 11.0. The summed E-state index contributed by atoms with van der Waals surface area (Å²) in [6.45, 7) is 0. The number of aliphatic carboxylic acids is 1. The van der Waals surface area contributed by atoms with E-state index in [9.17, 15) is 22.8 Å². The minimum atomic E-state index is -3.86. The van der Waals surface area contributed by atoms with Crippen LogP contribution in [0.5, 0.6) is 0 Å². The summed E-state index contributed by atoms with van der Waals surface area (Å²) in [6.07, 6.45) is -0.800. The van der Waals surface area contributed by atoms with Crippen molar-refractivity contribution < 1.29 is 27.9 Å². The number of sulfonamides is 1. The first-order valence-electron chi connectivity index (χ1n) is 6.36. The van der Waals surface area contributed by atoms with Crippen LogP contribution in [0.15, 0.2) is 40.6 Å². The molecule has 2 aromatic rings. The molecule has 0 amide bonds. The van der Waals surface area contributed by atoms with Crippen LogP contribution in [0.1, 0.15) is 16.8 Å². The first kappa shape index (κ1) is 18.1. The number of hydrogen-bond donors (Lipinski definition) is 2. The van der Waals surface area contributed by atoms with Gasteiger partial charge in [0, 0.05) is 11.3 Å². The van der Waals surface area contributed by atoms with Crippen molar-refractivity contribution in [3.05, 3.63) is 46.3 Å². The van der Waals surface area contributed by atoms with Crippen LogP contribution in [-0.2, 0) is 19.6 Å². The number of thiophene rings is 1. The van der Waals surface area contributed by atoms with Gasteiger partial charge in [0.1, 0.15) is 4.21 Å². The van der Waals surface area contributed by atoms with Crippen LogP contribution in [0.25, 0.3) is 0 Å². The lowest BCUT2D eigenvalue weighted by Gasteiger charge is -2.07. The third-order valence-electron chi connectivity index (χ3n) is 2.81. The summed E-state index contributed by atoms with van der Waals surface area (Å²) in [7, 11) is -3.86. The molecule has 24 heavy (non-hydrogen) atoms. The Kier molecular flexibility index (Phi) is 5.37. The zero-order valence-corrected chi connectivity index (χ0v) is 14.2. The minimum absolute atomic E-state index is 0.00489. The Morgan fingerprint density at radius 3 is 2.46 bits per heavy atom. The van der Waals surface area contributed by atoms with Gasteiger partial charge in [-0.1, -0.05) is 23.7 Å². The topological polar surface area (TPSA) is 118 Å². The van der Waals surface area contributed by atoms with E-state index in [2.05, 4.69) is 4.72 Å². The van der Waals surface area contributed by atoms with Gasteiger partial charge < -0.3 is 5.11 Å². The van der Waals surface area contributed by atoms with Crippen molar-refractivity contribution in [1.29, 1.82) is 0 Å². The largest absolute Gasteiger partial charge is 0.475 e. The van der Waals surface area contributed by atoms with E-state index in [-0.39, 0.29) is 15.5 Å². The molecule has 10 heteroatoms. The number of benzene rings is 1. The number of nitrogens with one attached hydrogen (secondary N) is 1. The zero-order valence-electron chi connectivity index (χ0n) is 11.9. The lowest BCUT2D eigenvalue weighted by molar-refractivity contribution is -0.148. The van der Waals surface area contributed by atoms with Gasteiger partial charge in [-0.15, -0.1) is 11.3 Å². The molecule has 126 valence electrons. The van der Waals surface area contributed by atoms with Crippen molar-refractivity contribution in [3.63, 3.8) is 0 Å². The Bertz CT molecular complexity index is 919.